The van der Waals surface area contributed by atoms with Crippen molar-refractivity contribution in [2.45, 2.75) is 43.7 Å². The summed E-state index contributed by atoms with van der Waals surface area (Å²) < 4.78 is 10.00. The molecule has 0 aromatic heterocycles. The largest absolute Gasteiger partial charge is 0.461 e. The van der Waals surface area contributed by atoms with Crippen molar-refractivity contribution in [1.29, 1.82) is 0 Å². The zero-order chi connectivity index (χ0) is 15.5. The Morgan fingerprint density at radius 2 is 2.30 bits per heavy atom. The van der Waals surface area contributed by atoms with Gasteiger partial charge in [0.25, 0.3) is 0 Å². The highest BCUT2D eigenvalue weighted by molar-refractivity contribution is 9.09. The molecule has 0 amide bonds. The van der Waals surface area contributed by atoms with Gasteiger partial charge in [0.05, 0.1) is 10.9 Å². The predicted octanol–water partition coefficient (Wildman–Crippen LogP) is 2.09. The molecule has 1 aliphatic rings. The van der Waals surface area contributed by atoms with E-state index in [1.54, 1.807) is 26.8 Å². The van der Waals surface area contributed by atoms with E-state index in [0.29, 0.717) is 12.2 Å². The highest BCUT2D eigenvalue weighted by Crippen LogP contribution is 2.36. The zero-order valence-electron chi connectivity index (χ0n) is 11.8. The molecule has 20 heavy (non-hydrogen) atoms. The maximum absolute atomic E-state index is 12.3. The first kappa shape index (κ1) is 16.9. The van der Waals surface area contributed by atoms with Gasteiger partial charge in [-0.2, -0.15) is 0 Å². The van der Waals surface area contributed by atoms with Crippen molar-refractivity contribution < 1.29 is 24.2 Å². The molecule has 0 aromatic carbocycles. The summed E-state index contributed by atoms with van der Waals surface area (Å²) in [5, 5.41) is 10.8. The Labute approximate surface area is 126 Å². The van der Waals surface area contributed by atoms with Gasteiger partial charge >= 0.3 is 11.9 Å². The number of rotatable bonds is 6. The lowest BCUT2D eigenvalue weighted by Gasteiger charge is -2.33. The summed E-state index contributed by atoms with van der Waals surface area (Å²) >= 11 is 3.25. The Bertz CT molecular complexity index is 443. The maximum Gasteiger partial charge on any atom is 0.340 e. The van der Waals surface area contributed by atoms with Crippen LogP contribution in [0.15, 0.2) is 24.5 Å². The number of esters is 2. The first-order valence-electron chi connectivity index (χ1n) is 6.32. The molecule has 3 atom stereocenters. The lowest BCUT2D eigenvalue weighted by atomic mass is 9.83. The van der Waals surface area contributed by atoms with Gasteiger partial charge in [-0.05, 0) is 33.3 Å². The van der Waals surface area contributed by atoms with Crippen LogP contribution in [0.4, 0.5) is 0 Å². The molecular formula is C14H19BrO5. The van der Waals surface area contributed by atoms with Gasteiger partial charge in [0.1, 0.15) is 11.7 Å². The van der Waals surface area contributed by atoms with E-state index in [1.807, 2.05) is 0 Å². The third-order valence-electron chi connectivity index (χ3n) is 2.91. The highest BCUT2D eigenvalue weighted by Gasteiger charge is 2.55. The summed E-state index contributed by atoms with van der Waals surface area (Å²) in [4.78, 5) is 23.4. The van der Waals surface area contributed by atoms with Crippen LogP contribution in [0.1, 0.15) is 27.2 Å². The van der Waals surface area contributed by atoms with Crippen LogP contribution in [0.2, 0.25) is 0 Å². The number of cyclic esters (lactones) is 1. The lowest BCUT2D eigenvalue weighted by Crippen LogP contribution is -2.55. The van der Waals surface area contributed by atoms with Crippen LogP contribution in [0.5, 0.6) is 0 Å². The average molecular weight is 347 g/mol. The Morgan fingerprint density at radius 1 is 1.70 bits per heavy atom. The summed E-state index contributed by atoms with van der Waals surface area (Å²) in [5.74, 6) is -2.27. The molecular weight excluding hydrogens is 328 g/mol. The van der Waals surface area contributed by atoms with Gasteiger partial charge in [-0.15, -0.1) is 6.58 Å². The van der Waals surface area contributed by atoms with E-state index in [9.17, 15) is 14.7 Å². The topological polar surface area (TPSA) is 72.8 Å². The minimum Gasteiger partial charge on any atom is -0.461 e. The number of carbonyl (C=O) groups excluding carboxylic acids is 2. The second kappa shape index (κ2) is 6.54. The second-order valence-electron chi connectivity index (χ2n) is 4.95. The van der Waals surface area contributed by atoms with Crippen molar-refractivity contribution in [3.63, 3.8) is 0 Å². The van der Waals surface area contributed by atoms with Crippen molar-refractivity contribution in [2.24, 2.45) is 5.92 Å². The second-order valence-corrected chi connectivity index (χ2v) is 6.05. The standard InChI is InChI=1S/C14H19BrO5/c1-5-6-11(15)14(18,13(17)19-8(2)3)10-7-9(4)20-12(10)16/h5,7-8,10-11,18H,1,6H2,2-4H3/t10-,11-,14+/m0/s1. The third-order valence-corrected chi connectivity index (χ3v) is 3.98. The van der Waals surface area contributed by atoms with Crippen LogP contribution in [0.3, 0.4) is 0 Å². The molecule has 1 heterocycles. The number of hydrogen-bond acceptors (Lipinski definition) is 5. The summed E-state index contributed by atoms with van der Waals surface area (Å²) in [7, 11) is 0. The van der Waals surface area contributed by atoms with Gasteiger partial charge < -0.3 is 14.6 Å². The van der Waals surface area contributed by atoms with E-state index in [2.05, 4.69) is 22.5 Å². The number of ether oxygens (including phenoxy) is 2. The SMILES string of the molecule is C=CC[C@H](Br)[C@@](O)(C(=O)OC(C)C)[C@H]1C=C(C)OC1=O. The Kier molecular flexibility index (Phi) is 5.53. The van der Waals surface area contributed by atoms with E-state index >= 15 is 0 Å². The number of halogens is 1. The quantitative estimate of drug-likeness (QED) is 0.453. The number of allylic oxidation sites excluding steroid dienone is 2. The van der Waals surface area contributed by atoms with Gasteiger partial charge in [0.15, 0.2) is 5.60 Å². The number of aliphatic hydroxyl groups is 1. The molecule has 0 unspecified atom stereocenters. The van der Waals surface area contributed by atoms with E-state index in [0.717, 1.165) is 0 Å². The number of hydrogen-bond donors (Lipinski definition) is 1. The number of carbonyl (C=O) groups is 2. The van der Waals surface area contributed by atoms with Crippen LogP contribution in [0, 0.1) is 5.92 Å². The minimum absolute atomic E-state index is 0.292. The molecule has 112 valence electrons. The van der Waals surface area contributed by atoms with Crippen molar-refractivity contribution in [3.8, 4) is 0 Å². The Hall–Kier alpha value is -1.14. The van der Waals surface area contributed by atoms with Crippen LogP contribution in [0.25, 0.3) is 0 Å². The monoisotopic (exact) mass is 346 g/mol. The Balaban J connectivity index is 3.16. The smallest absolute Gasteiger partial charge is 0.340 e. The zero-order valence-corrected chi connectivity index (χ0v) is 13.3. The fourth-order valence-corrected chi connectivity index (χ4v) is 2.69. The van der Waals surface area contributed by atoms with Crippen LogP contribution < -0.4 is 0 Å². The van der Waals surface area contributed by atoms with Crippen molar-refractivity contribution >= 4 is 27.9 Å². The minimum atomic E-state index is -2.03. The first-order valence-corrected chi connectivity index (χ1v) is 7.23. The molecule has 0 aromatic rings. The van der Waals surface area contributed by atoms with Gasteiger partial charge in [0.2, 0.25) is 0 Å². The summed E-state index contributed by atoms with van der Waals surface area (Å²) in [6.07, 6.45) is 2.87. The molecule has 0 aliphatic carbocycles. The van der Waals surface area contributed by atoms with Crippen molar-refractivity contribution in [3.05, 3.63) is 24.5 Å². The molecule has 6 heteroatoms. The normalized spacial score (nSPS) is 22.8. The molecule has 0 bridgehead atoms. The molecule has 0 fully saturated rings. The molecule has 0 saturated carbocycles. The summed E-state index contributed by atoms with van der Waals surface area (Å²) in [6.45, 7) is 8.50. The van der Waals surface area contributed by atoms with Crippen molar-refractivity contribution in [1.82, 2.24) is 0 Å². The molecule has 1 N–H and O–H groups in total. The van der Waals surface area contributed by atoms with Gasteiger partial charge in [-0.25, -0.2) is 4.79 Å². The van der Waals surface area contributed by atoms with Crippen molar-refractivity contribution in [2.75, 3.05) is 0 Å². The maximum atomic E-state index is 12.3. The summed E-state index contributed by atoms with van der Waals surface area (Å²) in [5.41, 5.74) is -2.03. The molecule has 0 radical (unpaired) electrons. The van der Waals surface area contributed by atoms with E-state index in [-0.39, 0.29) is 0 Å². The average Bonchev–Trinajstić information content (AvgIpc) is 2.67. The fraction of sp³-hybridized carbons (Fsp3) is 0.571. The first-order chi connectivity index (χ1) is 9.23. The molecule has 1 rings (SSSR count). The highest BCUT2D eigenvalue weighted by atomic mass is 79.9. The van der Waals surface area contributed by atoms with Gasteiger partial charge in [0, 0.05) is 0 Å². The fourth-order valence-electron chi connectivity index (χ4n) is 1.95. The Morgan fingerprint density at radius 3 is 2.70 bits per heavy atom. The van der Waals surface area contributed by atoms with E-state index in [1.165, 1.54) is 6.08 Å². The lowest BCUT2D eigenvalue weighted by molar-refractivity contribution is -0.178. The van der Waals surface area contributed by atoms with E-state index < -0.39 is 34.4 Å². The third kappa shape index (κ3) is 3.30. The molecule has 0 saturated heterocycles. The number of alkyl halides is 1. The molecule has 1 aliphatic heterocycles. The van der Waals surface area contributed by atoms with Gasteiger partial charge in [-0.1, -0.05) is 22.0 Å². The van der Waals surface area contributed by atoms with E-state index in [4.69, 9.17) is 9.47 Å². The van der Waals surface area contributed by atoms with Crippen LogP contribution in [-0.4, -0.2) is 33.6 Å². The molecule has 5 nitrogen and oxygen atoms in total. The predicted molar refractivity (Wildman–Crippen MR) is 77.0 cm³/mol. The van der Waals surface area contributed by atoms with Gasteiger partial charge in [-0.3, -0.25) is 4.79 Å². The van der Waals surface area contributed by atoms with Crippen LogP contribution in [-0.2, 0) is 19.1 Å². The molecule has 0 spiro atoms. The van der Waals surface area contributed by atoms with Crippen LogP contribution >= 0.6 is 15.9 Å². The summed E-state index contributed by atoms with van der Waals surface area (Å²) in [6, 6.07) is 0.